The van der Waals surface area contributed by atoms with E-state index in [1.165, 1.54) is 30.3 Å². The first-order chi connectivity index (χ1) is 14.6. The van der Waals surface area contributed by atoms with Crippen LogP contribution in [0.2, 0.25) is 10.0 Å². The van der Waals surface area contributed by atoms with Crippen molar-refractivity contribution in [1.29, 1.82) is 0 Å². The Kier molecular flexibility index (Phi) is 6.56. The normalized spacial score (nSPS) is 12.4. The second-order valence-corrected chi connectivity index (χ2v) is 7.19. The van der Waals surface area contributed by atoms with E-state index >= 15 is 0 Å². The SMILES string of the molecule is O=C(O)C[C@H](NC(=O)c1nc(-c2ccccc2)oc1C(F)(F)F)c1ccc(Cl)cc1Cl. The molecular weight excluding hydrogens is 460 g/mol. The Labute approximate surface area is 183 Å². The minimum absolute atomic E-state index is 0.0419. The van der Waals surface area contributed by atoms with Gasteiger partial charge in [-0.25, -0.2) is 4.98 Å². The minimum atomic E-state index is -5.01. The van der Waals surface area contributed by atoms with E-state index in [0.717, 1.165) is 0 Å². The van der Waals surface area contributed by atoms with Gasteiger partial charge >= 0.3 is 12.1 Å². The lowest BCUT2D eigenvalue weighted by molar-refractivity contribution is -0.153. The standard InChI is InChI=1S/C20H13Cl2F3N2O4/c21-11-6-7-12(13(22)8-11)14(9-15(28)29)26-18(30)16-17(20(23,24)25)31-19(27-16)10-4-2-1-3-5-10/h1-8,14H,9H2,(H,26,30)(H,28,29)/t14-/m0/s1. The number of amides is 1. The van der Waals surface area contributed by atoms with Crippen molar-refractivity contribution in [3.05, 3.63) is 75.6 Å². The van der Waals surface area contributed by atoms with Gasteiger partial charge in [0.25, 0.3) is 5.91 Å². The molecule has 1 aromatic heterocycles. The average Bonchev–Trinajstić information content (AvgIpc) is 3.14. The van der Waals surface area contributed by atoms with Gasteiger partial charge in [0, 0.05) is 15.6 Å². The lowest BCUT2D eigenvalue weighted by atomic mass is 10.0. The molecule has 0 bridgehead atoms. The number of nitrogens with one attached hydrogen (secondary N) is 1. The van der Waals surface area contributed by atoms with E-state index in [1.807, 2.05) is 0 Å². The van der Waals surface area contributed by atoms with Crippen LogP contribution >= 0.6 is 23.2 Å². The van der Waals surface area contributed by atoms with Crippen molar-refractivity contribution in [2.45, 2.75) is 18.6 Å². The molecule has 31 heavy (non-hydrogen) atoms. The van der Waals surface area contributed by atoms with Gasteiger partial charge in [0.2, 0.25) is 11.7 Å². The fourth-order valence-corrected chi connectivity index (χ4v) is 3.33. The summed E-state index contributed by atoms with van der Waals surface area (Å²) in [5.74, 6) is -4.58. The zero-order valence-corrected chi connectivity index (χ0v) is 16.9. The van der Waals surface area contributed by atoms with Crippen molar-refractivity contribution in [2.24, 2.45) is 0 Å². The summed E-state index contributed by atoms with van der Waals surface area (Å²) in [4.78, 5) is 27.7. The van der Waals surface area contributed by atoms with Gasteiger partial charge in [0.1, 0.15) is 0 Å². The molecule has 2 N–H and O–H groups in total. The van der Waals surface area contributed by atoms with E-state index < -0.39 is 47.9 Å². The Morgan fingerprint density at radius 1 is 1.13 bits per heavy atom. The molecule has 0 unspecified atom stereocenters. The van der Waals surface area contributed by atoms with Crippen LogP contribution in [0.3, 0.4) is 0 Å². The molecule has 0 saturated carbocycles. The number of benzene rings is 2. The molecule has 1 heterocycles. The smallest absolute Gasteiger partial charge is 0.452 e. The zero-order valence-electron chi connectivity index (χ0n) is 15.4. The molecule has 0 saturated heterocycles. The maximum Gasteiger partial charge on any atom is 0.452 e. The lowest BCUT2D eigenvalue weighted by Gasteiger charge is -2.18. The van der Waals surface area contributed by atoms with E-state index in [-0.39, 0.29) is 21.2 Å². The van der Waals surface area contributed by atoms with E-state index in [1.54, 1.807) is 18.2 Å². The van der Waals surface area contributed by atoms with Gasteiger partial charge in [0.15, 0.2) is 5.69 Å². The maximum atomic E-state index is 13.5. The van der Waals surface area contributed by atoms with Crippen molar-refractivity contribution in [2.75, 3.05) is 0 Å². The molecule has 0 aliphatic heterocycles. The van der Waals surface area contributed by atoms with E-state index in [2.05, 4.69) is 10.3 Å². The van der Waals surface area contributed by atoms with Crippen molar-refractivity contribution < 1.29 is 32.3 Å². The van der Waals surface area contributed by atoms with Crippen molar-refractivity contribution in [3.63, 3.8) is 0 Å². The monoisotopic (exact) mass is 472 g/mol. The summed E-state index contributed by atoms with van der Waals surface area (Å²) >= 11 is 11.9. The van der Waals surface area contributed by atoms with E-state index in [0.29, 0.717) is 0 Å². The average molecular weight is 473 g/mol. The number of alkyl halides is 3. The maximum absolute atomic E-state index is 13.5. The molecule has 1 atom stereocenters. The molecule has 0 aliphatic carbocycles. The Morgan fingerprint density at radius 3 is 2.39 bits per heavy atom. The van der Waals surface area contributed by atoms with Gasteiger partial charge in [-0.15, -0.1) is 0 Å². The first kappa shape index (κ1) is 22.6. The minimum Gasteiger partial charge on any atom is -0.481 e. The molecule has 162 valence electrons. The predicted octanol–water partition coefficient (Wildman–Crippen LogP) is 5.61. The molecule has 3 aromatic rings. The Balaban J connectivity index is 1.99. The summed E-state index contributed by atoms with van der Waals surface area (Å²) < 4.78 is 45.3. The number of aromatic nitrogens is 1. The number of carbonyl (C=O) groups is 2. The molecule has 3 rings (SSSR count). The highest BCUT2D eigenvalue weighted by Gasteiger charge is 2.42. The number of carboxylic acid groups (broad SMARTS) is 1. The summed E-state index contributed by atoms with van der Waals surface area (Å²) in [6.45, 7) is 0. The summed E-state index contributed by atoms with van der Waals surface area (Å²) in [5, 5.41) is 11.7. The van der Waals surface area contributed by atoms with Crippen LogP contribution in [0, 0.1) is 0 Å². The zero-order chi connectivity index (χ0) is 22.8. The second kappa shape index (κ2) is 8.99. The summed E-state index contributed by atoms with van der Waals surface area (Å²) in [6.07, 6.45) is -5.65. The van der Waals surface area contributed by atoms with Crippen LogP contribution in [-0.4, -0.2) is 22.0 Å². The Hall–Kier alpha value is -3.04. The third-order valence-electron chi connectivity index (χ3n) is 4.14. The van der Waals surface area contributed by atoms with Gasteiger partial charge in [-0.2, -0.15) is 13.2 Å². The molecule has 6 nitrogen and oxygen atoms in total. The van der Waals surface area contributed by atoms with Crippen LogP contribution in [0.5, 0.6) is 0 Å². The highest BCUT2D eigenvalue weighted by molar-refractivity contribution is 6.35. The number of oxazole rings is 1. The first-order valence-corrected chi connectivity index (χ1v) is 9.43. The summed E-state index contributed by atoms with van der Waals surface area (Å²) in [5.41, 5.74) is -0.621. The third kappa shape index (κ3) is 5.36. The van der Waals surface area contributed by atoms with E-state index in [4.69, 9.17) is 27.6 Å². The largest absolute Gasteiger partial charge is 0.481 e. The van der Waals surface area contributed by atoms with Crippen molar-refractivity contribution >= 4 is 35.1 Å². The molecule has 0 radical (unpaired) electrons. The Morgan fingerprint density at radius 2 is 1.81 bits per heavy atom. The van der Waals surface area contributed by atoms with Crippen LogP contribution in [0.4, 0.5) is 13.2 Å². The fraction of sp³-hybridized carbons (Fsp3) is 0.150. The molecule has 0 spiro atoms. The van der Waals surface area contributed by atoms with Crippen molar-refractivity contribution in [3.8, 4) is 11.5 Å². The summed E-state index contributed by atoms with van der Waals surface area (Å²) in [6, 6.07) is 10.6. The quantitative estimate of drug-likeness (QED) is 0.486. The summed E-state index contributed by atoms with van der Waals surface area (Å²) in [7, 11) is 0. The molecule has 0 aliphatic rings. The van der Waals surface area contributed by atoms with Crippen LogP contribution < -0.4 is 5.32 Å². The number of carbonyl (C=O) groups excluding carboxylic acids is 1. The number of hydrogen-bond donors (Lipinski definition) is 2. The van der Waals surface area contributed by atoms with Gasteiger partial charge in [-0.05, 0) is 29.8 Å². The third-order valence-corrected chi connectivity index (χ3v) is 4.70. The predicted molar refractivity (Wildman–Crippen MR) is 106 cm³/mol. The molecule has 11 heteroatoms. The lowest BCUT2D eigenvalue weighted by Crippen LogP contribution is -2.32. The van der Waals surface area contributed by atoms with Gasteiger partial charge in [-0.3, -0.25) is 9.59 Å². The van der Waals surface area contributed by atoms with Gasteiger partial charge in [0.05, 0.1) is 12.5 Å². The van der Waals surface area contributed by atoms with Crippen LogP contribution in [0.25, 0.3) is 11.5 Å². The molecular formula is C20H13Cl2F3N2O4. The topological polar surface area (TPSA) is 92.4 Å². The number of aliphatic carboxylic acids is 1. The van der Waals surface area contributed by atoms with Crippen LogP contribution in [-0.2, 0) is 11.0 Å². The van der Waals surface area contributed by atoms with E-state index in [9.17, 15) is 27.9 Å². The second-order valence-electron chi connectivity index (χ2n) is 6.35. The molecule has 2 aromatic carbocycles. The number of halogens is 5. The van der Waals surface area contributed by atoms with Gasteiger partial charge in [-0.1, -0.05) is 47.5 Å². The van der Waals surface area contributed by atoms with Crippen LogP contribution in [0.1, 0.15) is 34.3 Å². The number of rotatable bonds is 6. The van der Waals surface area contributed by atoms with Gasteiger partial charge < -0.3 is 14.8 Å². The molecule has 0 fully saturated rings. The van der Waals surface area contributed by atoms with Crippen LogP contribution in [0.15, 0.2) is 52.9 Å². The Bertz CT molecular complexity index is 1120. The first-order valence-electron chi connectivity index (χ1n) is 8.67. The number of nitrogens with zero attached hydrogens (tertiary/aromatic N) is 1. The molecule has 1 amide bonds. The van der Waals surface area contributed by atoms with Crippen molar-refractivity contribution in [1.82, 2.24) is 10.3 Å². The number of carboxylic acids is 1. The highest BCUT2D eigenvalue weighted by atomic mass is 35.5. The fourth-order valence-electron chi connectivity index (χ4n) is 2.79. The highest BCUT2D eigenvalue weighted by Crippen LogP contribution is 2.36. The number of hydrogen-bond acceptors (Lipinski definition) is 4.